The molecule has 0 saturated carbocycles. The fourth-order valence-electron chi connectivity index (χ4n) is 2.38. The van der Waals surface area contributed by atoms with E-state index < -0.39 is 0 Å². The van der Waals surface area contributed by atoms with E-state index in [1.54, 1.807) is 28.6 Å². The fraction of sp³-hybridized carbons (Fsp3) is 0.737. The molecule has 1 atom stereocenters. The number of carbonyl (C=O) groups is 1. The second kappa shape index (κ2) is 18.2. The van der Waals surface area contributed by atoms with Crippen LogP contribution in [-0.2, 0) is 25.5 Å². The number of carbonyl (C=O) groups excluding carboxylic acids is 1. The smallest absolute Gasteiger partial charge is 0.230 e. The summed E-state index contributed by atoms with van der Waals surface area (Å²) in [6.07, 6.45) is 3.10. The quantitative estimate of drug-likeness (QED) is 0.102. The number of nitrogens with one attached hydrogen (secondary N) is 1. The highest BCUT2D eigenvalue weighted by Gasteiger charge is 2.14. The van der Waals surface area contributed by atoms with E-state index >= 15 is 0 Å². The van der Waals surface area contributed by atoms with Gasteiger partial charge in [-0.15, -0.1) is 11.8 Å². The molecule has 0 bridgehead atoms. The molecule has 0 aromatic carbocycles. The second-order valence-electron chi connectivity index (χ2n) is 6.37. The molecule has 0 aliphatic heterocycles. The number of amides is 1. The molecule has 0 fully saturated rings. The van der Waals surface area contributed by atoms with Crippen LogP contribution in [0.4, 0.5) is 0 Å². The first-order valence-electron chi connectivity index (χ1n) is 9.99. The first-order chi connectivity index (χ1) is 15.0. The van der Waals surface area contributed by atoms with Crippen LogP contribution in [0.15, 0.2) is 11.0 Å². The Hall–Kier alpha value is -0.240. The lowest BCUT2D eigenvalue weighted by Crippen LogP contribution is -2.28. The predicted molar refractivity (Wildman–Crippen MR) is 133 cm³/mol. The summed E-state index contributed by atoms with van der Waals surface area (Å²) in [6, 6.07) is 1.60. The number of alkyl halides is 1. The van der Waals surface area contributed by atoms with E-state index in [1.165, 1.54) is 4.57 Å². The highest BCUT2D eigenvalue weighted by Crippen LogP contribution is 2.36. The standard InChI is InChI=1S/C19H33BrN2O6S3/c1-15(31-29-2)3-12-30-16-13-18(24)22(19(16)25)5-7-27-9-11-28-10-8-26-6-4-21-17(23)14-20/h13,15,24-25H,3-12,14H2,1-2H3,(H,21,23). The molecule has 1 aromatic rings. The Labute approximate surface area is 205 Å². The minimum absolute atomic E-state index is 0.0378. The number of halogens is 1. The van der Waals surface area contributed by atoms with Gasteiger partial charge in [0.25, 0.3) is 0 Å². The minimum atomic E-state index is -0.0657. The zero-order valence-corrected chi connectivity index (χ0v) is 22.0. The second-order valence-corrected chi connectivity index (χ2v) is 11.0. The highest BCUT2D eigenvalue weighted by atomic mass is 79.9. The third kappa shape index (κ3) is 13.2. The lowest BCUT2D eigenvalue weighted by molar-refractivity contribution is -0.118. The van der Waals surface area contributed by atoms with Gasteiger partial charge in [-0.1, -0.05) is 44.4 Å². The topological polar surface area (TPSA) is 102 Å². The van der Waals surface area contributed by atoms with Gasteiger partial charge >= 0.3 is 0 Å². The fourth-order valence-corrected chi connectivity index (χ4v) is 5.67. The maximum atomic E-state index is 11.0. The lowest BCUT2D eigenvalue weighted by Gasteiger charge is -2.10. The Bertz CT molecular complexity index is 624. The summed E-state index contributed by atoms with van der Waals surface area (Å²) in [6.45, 7) is 5.56. The van der Waals surface area contributed by atoms with Crippen molar-refractivity contribution in [2.24, 2.45) is 0 Å². The van der Waals surface area contributed by atoms with E-state index in [9.17, 15) is 15.0 Å². The average molecular weight is 562 g/mol. The summed E-state index contributed by atoms with van der Waals surface area (Å²) in [5, 5.41) is 23.9. The number of nitrogens with zero attached hydrogens (tertiary/aromatic N) is 1. The molecule has 1 unspecified atom stereocenters. The summed E-state index contributed by atoms with van der Waals surface area (Å²) < 4.78 is 17.7. The molecule has 1 rings (SSSR count). The van der Waals surface area contributed by atoms with Crippen LogP contribution in [0.1, 0.15) is 13.3 Å². The van der Waals surface area contributed by atoms with Gasteiger partial charge in [0.2, 0.25) is 11.8 Å². The van der Waals surface area contributed by atoms with Crippen molar-refractivity contribution >= 4 is 55.2 Å². The summed E-state index contributed by atoms with van der Waals surface area (Å²) in [5.41, 5.74) is 0. The van der Waals surface area contributed by atoms with Gasteiger partial charge in [-0.2, -0.15) is 0 Å². The lowest BCUT2D eigenvalue weighted by atomic mass is 10.4. The van der Waals surface area contributed by atoms with Crippen molar-refractivity contribution in [2.45, 2.75) is 30.0 Å². The molecule has 0 saturated heterocycles. The summed E-state index contributed by atoms with van der Waals surface area (Å²) in [5.74, 6) is 0.936. The minimum Gasteiger partial charge on any atom is -0.494 e. The number of aromatic nitrogens is 1. The van der Waals surface area contributed by atoms with Crippen molar-refractivity contribution in [1.82, 2.24) is 9.88 Å². The molecule has 0 spiro atoms. The van der Waals surface area contributed by atoms with E-state index in [-0.39, 0.29) is 23.0 Å². The van der Waals surface area contributed by atoms with Crippen molar-refractivity contribution in [2.75, 3.05) is 63.5 Å². The van der Waals surface area contributed by atoms with Crippen molar-refractivity contribution in [3.8, 4) is 11.8 Å². The number of thioether (sulfide) groups is 1. The van der Waals surface area contributed by atoms with Gasteiger partial charge in [0.1, 0.15) is 0 Å². The number of hydrogen-bond donors (Lipinski definition) is 3. The van der Waals surface area contributed by atoms with Crippen LogP contribution in [-0.4, -0.2) is 89.5 Å². The number of ether oxygens (including phenoxy) is 3. The zero-order chi connectivity index (χ0) is 22.9. The summed E-state index contributed by atoms with van der Waals surface area (Å²) in [4.78, 5) is 11.7. The molecular formula is C19H33BrN2O6S3. The molecule has 0 radical (unpaired) electrons. The Kier molecular flexibility index (Phi) is 16.9. The van der Waals surface area contributed by atoms with Crippen LogP contribution in [0, 0.1) is 0 Å². The summed E-state index contributed by atoms with van der Waals surface area (Å²) >= 11 is 4.62. The molecule has 1 aromatic heterocycles. The number of rotatable bonds is 19. The molecular weight excluding hydrogens is 528 g/mol. The molecule has 8 nitrogen and oxygen atoms in total. The maximum absolute atomic E-state index is 11.0. The van der Waals surface area contributed by atoms with E-state index in [0.717, 1.165) is 12.2 Å². The van der Waals surface area contributed by atoms with Gasteiger partial charge < -0.3 is 29.7 Å². The Morgan fingerprint density at radius 2 is 1.81 bits per heavy atom. The summed E-state index contributed by atoms with van der Waals surface area (Å²) in [7, 11) is 3.60. The van der Waals surface area contributed by atoms with Crippen molar-refractivity contribution < 1.29 is 29.2 Å². The van der Waals surface area contributed by atoms with Crippen LogP contribution in [0.2, 0.25) is 0 Å². The normalized spacial score (nSPS) is 12.2. The van der Waals surface area contributed by atoms with Crippen LogP contribution in [0.5, 0.6) is 11.8 Å². The van der Waals surface area contributed by atoms with Gasteiger partial charge in [0.15, 0.2) is 5.88 Å². The van der Waals surface area contributed by atoms with Crippen molar-refractivity contribution in [1.29, 1.82) is 0 Å². The first-order valence-corrected chi connectivity index (χ1v) is 14.7. The Morgan fingerprint density at radius 1 is 1.16 bits per heavy atom. The van der Waals surface area contributed by atoms with Gasteiger partial charge in [-0.3, -0.25) is 9.36 Å². The van der Waals surface area contributed by atoms with E-state index in [1.807, 2.05) is 10.8 Å². The molecule has 1 amide bonds. The zero-order valence-electron chi connectivity index (χ0n) is 18.0. The van der Waals surface area contributed by atoms with Gasteiger partial charge in [-0.25, -0.2) is 0 Å². The number of aromatic hydroxyl groups is 2. The van der Waals surface area contributed by atoms with Crippen LogP contribution in [0.3, 0.4) is 0 Å². The highest BCUT2D eigenvalue weighted by molar-refractivity contribution is 9.09. The van der Waals surface area contributed by atoms with Crippen molar-refractivity contribution in [3.05, 3.63) is 6.07 Å². The molecule has 3 N–H and O–H groups in total. The molecule has 0 aliphatic rings. The van der Waals surface area contributed by atoms with Gasteiger partial charge in [-0.05, 0) is 18.4 Å². The van der Waals surface area contributed by atoms with E-state index in [0.29, 0.717) is 62.9 Å². The van der Waals surface area contributed by atoms with Gasteiger partial charge in [0, 0.05) is 17.9 Å². The molecule has 180 valence electrons. The molecule has 31 heavy (non-hydrogen) atoms. The molecule has 0 aliphatic carbocycles. The monoisotopic (exact) mass is 560 g/mol. The van der Waals surface area contributed by atoms with Crippen LogP contribution < -0.4 is 5.32 Å². The van der Waals surface area contributed by atoms with E-state index in [2.05, 4.69) is 34.4 Å². The predicted octanol–water partition coefficient (Wildman–Crippen LogP) is 3.34. The number of hydrogen-bond acceptors (Lipinski definition) is 9. The Morgan fingerprint density at radius 3 is 2.45 bits per heavy atom. The largest absolute Gasteiger partial charge is 0.494 e. The molecule has 12 heteroatoms. The van der Waals surface area contributed by atoms with Crippen LogP contribution in [0.25, 0.3) is 0 Å². The van der Waals surface area contributed by atoms with Crippen molar-refractivity contribution in [3.63, 3.8) is 0 Å². The third-order valence-corrected chi connectivity index (χ3v) is 7.83. The SMILES string of the molecule is CSSC(C)CCSc1cc(O)n(CCOCCOCCOCCNC(=O)CBr)c1O. The first kappa shape index (κ1) is 28.8. The maximum Gasteiger partial charge on any atom is 0.230 e. The van der Waals surface area contributed by atoms with E-state index in [4.69, 9.17) is 14.2 Å². The average Bonchev–Trinajstić information content (AvgIpc) is 3.01. The Balaban J connectivity index is 2.08. The molecule has 1 heterocycles. The van der Waals surface area contributed by atoms with Gasteiger partial charge in [0.05, 0.1) is 56.4 Å². The van der Waals surface area contributed by atoms with Crippen LogP contribution >= 0.6 is 49.3 Å². The third-order valence-electron chi connectivity index (χ3n) is 3.95.